The molecule has 0 aromatic heterocycles. The van der Waals surface area contributed by atoms with Crippen LogP contribution < -0.4 is 5.32 Å². The first kappa shape index (κ1) is 16.9. The van der Waals surface area contributed by atoms with E-state index in [9.17, 15) is 18.0 Å². The first-order valence-corrected chi connectivity index (χ1v) is 7.22. The molecule has 1 aliphatic heterocycles. The molecule has 1 N–H and O–H groups in total. The Morgan fingerprint density at radius 2 is 2.00 bits per heavy atom. The molecule has 1 aliphatic rings. The molecule has 0 saturated carbocycles. The van der Waals surface area contributed by atoms with Gasteiger partial charge in [-0.1, -0.05) is 11.6 Å². The third kappa shape index (κ3) is 4.51. The maximum absolute atomic E-state index is 12.7. The van der Waals surface area contributed by atoms with Crippen LogP contribution in [-0.2, 0) is 15.7 Å². The number of alkyl halides is 3. The van der Waals surface area contributed by atoms with Gasteiger partial charge in [0.15, 0.2) is 0 Å². The molecule has 122 valence electrons. The number of nitrogens with zero attached hydrogens (tertiary/aromatic N) is 1. The number of morpholine rings is 1. The van der Waals surface area contributed by atoms with E-state index in [-0.39, 0.29) is 29.6 Å². The van der Waals surface area contributed by atoms with E-state index in [0.29, 0.717) is 26.3 Å². The van der Waals surface area contributed by atoms with Crippen molar-refractivity contribution in [1.29, 1.82) is 0 Å². The number of benzene rings is 1. The molecule has 1 aromatic rings. The molecule has 1 amide bonds. The lowest BCUT2D eigenvalue weighted by Crippen LogP contribution is -2.41. The number of anilines is 1. The summed E-state index contributed by atoms with van der Waals surface area (Å²) in [4.78, 5) is 13.6. The van der Waals surface area contributed by atoms with Crippen molar-refractivity contribution >= 4 is 23.2 Å². The van der Waals surface area contributed by atoms with Crippen molar-refractivity contribution in [1.82, 2.24) is 4.90 Å². The normalized spacial score (nSPS) is 15.7. The van der Waals surface area contributed by atoms with Crippen LogP contribution in [0.25, 0.3) is 0 Å². The lowest BCUT2D eigenvalue weighted by Gasteiger charge is -2.27. The van der Waals surface area contributed by atoms with Crippen molar-refractivity contribution in [2.24, 2.45) is 0 Å². The van der Waals surface area contributed by atoms with Crippen LogP contribution in [0.15, 0.2) is 18.2 Å². The molecular weight excluding hydrogens is 321 g/mol. The summed E-state index contributed by atoms with van der Waals surface area (Å²) in [5.74, 6) is -0.0409. The summed E-state index contributed by atoms with van der Waals surface area (Å²) < 4.78 is 43.4. The van der Waals surface area contributed by atoms with Crippen LogP contribution in [0, 0.1) is 0 Å². The molecule has 1 heterocycles. The maximum atomic E-state index is 12.7. The van der Waals surface area contributed by atoms with E-state index in [1.54, 1.807) is 4.90 Å². The van der Waals surface area contributed by atoms with Gasteiger partial charge in [0, 0.05) is 31.7 Å². The van der Waals surface area contributed by atoms with Gasteiger partial charge in [-0.25, -0.2) is 0 Å². The van der Waals surface area contributed by atoms with E-state index in [1.165, 1.54) is 12.1 Å². The van der Waals surface area contributed by atoms with Crippen molar-refractivity contribution in [3.63, 3.8) is 0 Å². The summed E-state index contributed by atoms with van der Waals surface area (Å²) in [6.45, 7) is 2.40. The number of carbonyl (C=O) groups is 1. The molecule has 0 bridgehead atoms. The summed E-state index contributed by atoms with van der Waals surface area (Å²) in [5.41, 5.74) is -0.606. The van der Waals surface area contributed by atoms with Crippen molar-refractivity contribution < 1.29 is 22.7 Å². The van der Waals surface area contributed by atoms with Crippen molar-refractivity contribution in [3.05, 3.63) is 28.8 Å². The van der Waals surface area contributed by atoms with Crippen LogP contribution in [-0.4, -0.2) is 43.7 Å². The van der Waals surface area contributed by atoms with Gasteiger partial charge in [0.2, 0.25) is 5.91 Å². The number of ether oxygens (including phenoxy) is 1. The third-order valence-corrected chi connectivity index (χ3v) is 3.63. The molecule has 1 fully saturated rings. The fraction of sp³-hybridized carbons (Fsp3) is 0.500. The second kappa shape index (κ2) is 7.19. The fourth-order valence-electron chi connectivity index (χ4n) is 2.14. The van der Waals surface area contributed by atoms with Crippen LogP contribution in [0.4, 0.5) is 18.9 Å². The zero-order chi connectivity index (χ0) is 16.2. The van der Waals surface area contributed by atoms with Crippen LogP contribution >= 0.6 is 11.6 Å². The summed E-state index contributed by atoms with van der Waals surface area (Å²) in [6, 6.07) is 3.59. The van der Waals surface area contributed by atoms with Crippen LogP contribution in [0.5, 0.6) is 0 Å². The van der Waals surface area contributed by atoms with E-state index in [1.807, 2.05) is 0 Å². The Hall–Kier alpha value is -1.47. The van der Waals surface area contributed by atoms with E-state index >= 15 is 0 Å². The van der Waals surface area contributed by atoms with Gasteiger partial charge in [0.25, 0.3) is 0 Å². The number of halogens is 4. The van der Waals surface area contributed by atoms with E-state index in [2.05, 4.69) is 5.32 Å². The Balaban J connectivity index is 1.88. The molecule has 1 aromatic carbocycles. The Labute approximate surface area is 131 Å². The summed E-state index contributed by atoms with van der Waals surface area (Å²) in [6.07, 6.45) is -4.29. The standard InChI is InChI=1S/C14H16ClF3N2O2/c15-12-2-1-10(9-11(12)14(16,17)18)19-4-3-13(21)20-5-7-22-8-6-20/h1-2,9,19H,3-8H2. The van der Waals surface area contributed by atoms with Crippen LogP contribution in [0.1, 0.15) is 12.0 Å². The predicted molar refractivity (Wildman–Crippen MR) is 77.0 cm³/mol. The molecule has 0 radical (unpaired) electrons. The van der Waals surface area contributed by atoms with E-state index in [4.69, 9.17) is 16.3 Å². The van der Waals surface area contributed by atoms with Gasteiger partial charge in [0.1, 0.15) is 0 Å². The van der Waals surface area contributed by atoms with Gasteiger partial charge < -0.3 is 15.0 Å². The number of nitrogens with one attached hydrogen (secondary N) is 1. The Bertz CT molecular complexity index is 531. The van der Waals surface area contributed by atoms with Crippen molar-refractivity contribution in [2.45, 2.75) is 12.6 Å². The minimum absolute atomic E-state index is 0.0409. The molecule has 22 heavy (non-hydrogen) atoms. The number of hydrogen-bond donors (Lipinski definition) is 1. The highest BCUT2D eigenvalue weighted by molar-refractivity contribution is 6.31. The minimum atomic E-state index is -4.50. The van der Waals surface area contributed by atoms with Crippen LogP contribution in [0.2, 0.25) is 5.02 Å². The number of hydrogen-bond acceptors (Lipinski definition) is 3. The smallest absolute Gasteiger partial charge is 0.385 e. The molecule has 0 atom stereocenters. The first-order chi connectivity index (χ1) is 10.4. The van der Waals surface area contributed by atoms with E-state index in [0.717, 1.165) is 6.07 Å². The van der Waals surface area contributed by atoms with Crippen molar-refractivity contribution in [3.8, 4) is 0 Å². The minimum Gasteiger partial charge on any atom is -0.385 e. The molecule has 0 unspecified atom stereocenters. The first-order valence-electron chi connectivity index (χ1n) is 6.84. The highest BCUT2D eigenvalue weighted by Gasteiger charge is 2.33. The van der Waals surface area contributed by atoms with Crippen molar-refractivity contribution in [2.75, 3.05) is 38.2 Å². The molecule has 8 heteroatoms. The zero-order valence-electron chi connectivity index (χ0n) is 11.8. The second-order valence-corrected chi connectivity index (χ2v) is 5.27. The maximum Gasteiger partial charge on any atom is 0.417 e. The molecule has 0 aliphatic carbocycles. The highest BCUT2D eigenvalue weighted by Crippen LogP contribution is 2.36. The van der Waals surface area contributed by atoms with Gasteiger partial charge in [-0.05, 0) is 18.2 Å². The molecule has 2 rings (SSSR count). The molecule has 4 nitrogen and oxygen atoms in total. The number of carbonyl (C=O) groups excluding carboxylic acids is 1. The van der Waals surface area contributed by atoms with Gasteiger partial charge in [-0.15, -0.1) is 0 Å². The van der Waals surface area contributed by atoms with Crippen LogP contribution in [0.3, 0.4) is 0 Å². The summed E-state index contributed by atoms with van der Waals surface area (Å²) in [7, 11) is 0. The average molecular weight is 337 g/mol. The number of rotatable bonds is 4. The average Bonchev–Trinajstić information content (AvgIpc) is 2.48. The highest BCUT2D eigenvalue weighted by atomic mass is 35.5. The topological polar surface area (TPSA) is 41.6 Å². The SMILES string of the molecule is O=C(CCNc1ccc(Cl)c(C(F)(F)F)c1)N1CCOCC1. The Morgan fingerprint density at radius 3 is 2.64 bits per heavy atom. The molecular formula is C14H16ClF3N2O2. The Morgan fingerprint density at radius 1 is 1.32 bits per heavy atom. The summed E-state index contributed by atoms with van der Waals surface area (Å²) in [5, 5.41) is 2.47. The quantitative estimate of drug-likeness (QED) is 0.919. The summed E-state index contributed by atoms with van der Waals surface area (Å²) >= 11 is 5.55. The van der Waals surface area contributed by atoms with E-state index < -0.39 is 11.7 Å². The third-order valence-electron chi connectivity index (χ3n) is 3.30. The lowest BCUT2D eigenvalue weighted by molar-refractivity contribution is -0.137. The molecule has 0 spiro atoms. The largest absolute Gasteiger partial charge is 0.417 e. The predicted octanol–water partition coefficient (Wildman–Crippen LogP) is 3.02. The van der Waals surface area contributed by atoms with Gasteiger partial charge in [-0.3, -0.25) is 4.79 Å². The van der Waals surface area contributed by atoms with Gasteiger partial charge >= 0.3 is 6.18 Å². The van der Waals surface area contributed by atoms with Gasteiger partial charge in [-0.2, -0.15) is 13.2 Å². The monoisotopic (exact) mass is 336 g/mol. The Kier molecular flexibility index (Phi) is 5.52. The van der Waals surface area contributed by atoms with Gasteiger partial charge in [0.05, 0.1) is 23.8 Å². The second-order valence-electron chi connectivity index (χ2n) is 4.86. The zero-order valence-corrected chi connectivity index (χ0v) is 12.5. The fourth-order valence-corrected chi connectivity index (χ4v) is 2.36. The lowest BCUT2D eigenvalue weighted by atomic mass is 10.2. The number of amides is 1. The molecule has 1 saturated heterocycles.